The van der Waals surface area contributed by atoms with Gasteiger partial charge in [0.05, 0.1) is 16.6 Å². The van der Waals surface area contributed by atoms with E-state index in [1.165, 1.54) is 6.07 Å². The van der Waals surface area contributed by atoms with Crippen molar-refractivity contribution in [1.82, 2.24) is 0 Å². The maximum atomic E-state index is 11.8. The number of fused-ring (bicyclic) bond motifs is 1. The van der Waals surface area contributed by atoms with Gasteiger partial charge in [-0.25, -0.2) is 8.42 Å². The van der Waals surface area contributed by atoms with Crippen molar-refractivity contribution >= 4 is 15.8 Å². The lowest BCUT2D eigenvalue weighted by molar-refractivity contribution is -0.138. The fourth-order valence-electron chi connectivity index (χ4n) is 2.02. The van der Waals surface area contributed by atoms with E-state index >= 15 is 0 Å². The molecule has 2 rings (SSSR count). The zero-order valence-corrected chi connectivity index (χ0v) is 9.62. The normalized spacial score (nSPS) is 22.4. The van der Waals surface area contributed by atoms with Crippen molar-refractivity contribution in [3.63, 3.8) is 0 Å². The summed E-state index contributed by atoms with van der Waals surface area (Å²) in [5.41, 5.74) is 1.31. The number of aliphatic carboxylic acids is 1. The van der Waals surface area contributed by atoms with E-state index in [-0.39, 0.29) is 17.1 Å². The third-order valence-corrected chi connectivity index (χ3v) is 4.66. The fourth-order valence-corrected chi connectivity index (χ4v) is 3.62. The second-order valence-electron chi connectivity index (χ2n) is 4.04. The maximum absolute atomic E-state index is 11.8. The molecule has 0 saturated heterocycles. The highest BCUT2D eigenvalue weighted by molar-refractivity contribution is 7.91. The maximum Gasteiger partial charge on any atom is 0.311 e. The molecule has 1 unspecified atom stereocenters. The van der Waals surface area contributed by atoms with Gasteiger partial charge in [0.15, 0.2) is 9.84 Å². The summed E-state index contributed by atoms with van der Waals surface area (Å²) in [5, 5.41) is 9.05. The molecule has 1 N–H and O–H groups in total. The van der Waals surface area contributed by atoms with Crippen LogP contribution in [0.1, 0.15) is 23.5 Å². The highest BCUT2D eigenvalue weighted by atomic mass is 32.2. The Kier molecular flexibility index (Phi) is 2.50. The first-order valence-corrected chi connectivity index (χ1v) is 6.63. The van der Waals surface area contributed by atoms with Crippen LogP contribution < -0.4 is 0 Å². The Morgan fingerprint density at radius 1 is 1.44 bits per heavy atom. The van der Waals surface area contributed by atoms with E-state index in [0.29, 0.717) is 5.56 Å². The molecule has 0 bridgehead atoms. The van der Waals surface area contributed by atoms with Crippen LogP contribution in [0.2, 0.25) is 0 Å². The number of benzene rings is 1. The first-order valence-electron chi connectivity index (χ1n) is 4.98. The minimum absolute atomic E-state index is 0.0833. The molecule has 0 aromatic heterocycles. The molecule has 0 amide bonds. The summed E-state index contributed by atoms with van der Waals surface area (Å²) in [6.07, 6.45) is 0.161. The quantitative estimate of drug-likeness (QED) is 0.804. The molecule has 1 aromatic rings. The van der Waals surface area contributed by atoms with Gasteiger partial charge in [0, 0.05) is 0 Å². The summed E-state index contributed by atoms with van der Waals surface area (Å²) in [4.78, 5) is 11.2. The number of carbonyl (C=O) groups is 1. The van der Waals surface area contributed by atoms with E-state index in [0.717, 1.165) is 5.56 Å². The molecule has 1 aliphatic rings. The third kappa shape index (κ3) is 1.71. The Labute approximate surface area is 93.8 Å². The monoisotopic (exact) mass is 240 g/mol. The summed E-state index contributed by atoms with van der Waals surface area (Å²) >= 11 is 0. The van der Waals surface area contributed by atoms with E-state index in [1.807, 2.05) is 6.92 Å². The Hall–Kier alpha value is -1.36. The van der Waals surface area contributed by atoms with E-state index in [9.17, 15) is 13.2 Å². The first-order chi connectivity index (χ1) is 7.42. The van der Waals surface area contributed by atoms with Crippen LogP contribution in [0, 0.1) is 6.92 Å². The van der Waals surface area contributed by atoms with Crippen LogP contribution in [0.15, 0.2) is 23.1 Å². The highest BCUT2D eigenvalue weighted by Gasteiger charge is 2.33. The molecule has 1 atom stereocenters. The molecule has 0 fully saturated rings. The zero-order chi connectivity index (χ0) is 11.9. The van der Waals surface area contributed by atoms with Crippen LogP contribution >= 0.6 is 0 Å². The number of rotatable bonds is 1. The average Bonchev–Trinajstić information content (AvgIpc) is 2.16. The summed E-state index contributed by atoms with van der Waals surface area (Å²) in [6.45, 7) is 1.82. The second kappa shape index (κ2) is 3.59. The van der Waals surface area contributed by atoms with Gasteiger partial charge < -0.3 is 5.11 Å². The average molecular weight is 240 g/mol. The van der Waals surface area contributed by atoms with Gasteiger partial charge in [-0.15, -0.1) is 0 Å². The molecular weight excluding hydrogens is 228 g/mol. The molecule has 86 valence electrons. The second-order valence-corrected chi connectivity index (χ2v) is 6.12. The smallest absolute Gasteiger partial charge is 0.311 e. The molecule has 5 heteroatoms. The van der Waals surface area contributed by atoms with Crippen molar-refractivity contribution in [2.24, 2.45) is 0 Å². The van der Waals surface area contributed by atoms with Crippen molar-refractivity contribution in [3.8, 4) is 0 Å². The lowest BCUT2D eigenvalue weighted by atomic mass is 9.95. The van der Waals surface area contributed by atoms with Gasteiger partial charge in [0.25, 0.3) is 0 Å². The standard InChI is InChI=1S/C11H12O4S/c1-7-2-3-10-9(6-7)8(11(12)13)4-5-16(10,14)15/h2-3,6,8H,4-5H2,1H3,(H,12,13). The Morgan fingerprint density at radius 3 is 2.75 bits per heavy atom. The number of hydrogen-bond donors (Lipinski definition) is 1. The molecule has 0 radical (unpaired) electrons. The van der Waals surface area contributed by atoms with Gasteiger partial charge in [0.1, 0.15) is 0 Å². The van der Waals surface area contributed by atoms with Crippen molar-refractivity contribution in [3.05, 3.63) is 29.3 Å². The predicted octanol–water partition coefficient (Wildman–Crippen LogP) is 1.34. The molecule has 16 heavy (non-hydrogen) atoms. The van der Waals surface area contributed by atoms with E-state index < -0.39 is 21.7 Å². The summed E-state index contributed by atoms with van der Waals surface area (Å²) in [6, 6.07) is 4.86. The molecule has 1 aromatic carbocycles. The molecule has 1 aliphatic heterocycles. The zero-order valence-electron chi connectivity index (χ0n) is 8.80. The molecule has 4 nitrogen and oxygen atoms in total. The Balaban J connectivity index is 2.67. The van der Waals surface area contributed by atoms with E-state index in [2.05, 4.69) is 0 Å². The number of carboxylic acid groups (broad SMARTS) is 1. The number of hydrogen-bond acceptors (Lipinski definition) is 3. The summed E-state index contributed by atoms with van der Waals surface area (Å²) in [5.74, 6) is -1.74. The van der Waals surface area contributed by atoms with Crippen LogP contribution in [0.3, 0.4) is 0 Å². The Bertz CT molecular complexity index is 545. The van der Waals surface area contributed by atoms with Crippen LogP contribution in [0.4, 0.5) is 0 Å². The van der Waals surface area contributed by atoms with Gasteiger partial charge in [-0.3, -0.25) is 4.79 Å². The fraction of sp³-hybridized carbons (Fsp3) is 0.364. The lowest BCUT2D eigenvalue weighted by Gasteiger charge is -2.22. The van der Waals surface area contributed by atoms with Crippen LogP contribution in [-0.2, 0) is 14.6 Å². The number of aryl methyl sites for hydroxylation is 1. The van der Waals surface area contributed by atoms with Gasteiger partial charge in [0.2, 0.25) is 0 Å². The van der Waals surface area contributed by atoms with Crippen molar-refractivity contribution in [2.75, 3.05) is 5.75 Å². The van der Waals surface area contributed by atoms with Gasteiger partial charge in [-0.1, -0.05) is 17.7 Å². The SMILES string of the molecule is Cc1ccc2c(c1)C(C(=O)O)CCS2(=O)=O. The minimum atomic E-state index is -3.29. The predicted molar refractivity (Wildman–Crippen MR) is 58.2 cm³/mol. The molecule has 1 heterocycles. The molecular formula is C11H12O4S. The van der Waals surface area contributed by atoms with Crippen molar-refractivity contribution in [2.45, 2.75) is 24.2 Å². The van der Waals surface area contributed by atoms with Gasteiger partial charge >= 0.3 is 5.97 Å². The first kappa shape index (κ1) is 11.1. The summed E-state index contributed by atoms with van der Waals surface area (Å²) in [7, 11) is -3.29. The number of sulfone groups is 1. The van der Waals surface area contributed by atoms with E-state index in [4.69, 9.17) is 5.11 Å². The molecule has 0 spiro atoms. The minimum Gasteiger partial charge on any atom is -0.481 e. The molecule has 0 aliphatic carbocycles. The lowest BCUT2D eigenvalue weighted by Crippen LogP contribution is -2.25. The van der Waals surface area contributed by atoms with Crippen LogP contribution in [-0.4, -0.2) is 25.2 Å². The number of carboxylic acids is 1. The van der Waals surface area contributed by atoms with Crippen LogP contribution in [0.25, 0.3) is 0 Å². The van der Waals surface area contributed by atoms with E-state index in [1.54, 1.807) is 12.1 Å². The molecule has 0 saturated carbocycles. The van der Waals surface area contributed by atoms with Gasteiger partial charge in [-0.2, -0.15) is 0 Å². The van der Waals surface area contributed by atoms with Gasteiger partial charge in [-0.05, 0) is 25.0 Å². The van der Waals surface area contributed by atoms with Crippen LogP contribution in [0.5, 0.6) is 0 Å². The largest absolute Gasteiger partial charge is 0.481 e. The summed E-state index contributed by atoms with van der Waals surface area (Å²) < 4.78 is 23.5. The topological polar surface area (TPSA) is 71.4 Å². The third-order valence-electron chi connectivity index (χ3n) is 2.85. The Morgan fingerprint density at radius 2 is 2.12 bits per heavy atom. The van der Waals surface area contributed by atoms with Crippen molar-refractivity contribution in [1.29, 1.82) is 0 Å². The van der Waals surface area contributed by atoms with Crippen molar-refractivity contribution < 1.29 is 18.3 Å². The highest BCUT2D eigenvalue weighted by Crippen LogP contribution is 2.34.